The van der Waals surface area contributed by atoms with Gasteiger partial charge in [0, 0.05) is 56.6 Å². The van der Waals surface area contributed by atoms with E-state index in [-0.39, 0.29) is 11.8 Å². The van der Waals surface area contributed by atoms with E-state index in [2.05, 4.69) is 17.3 Å². The first kappa shape index (κ1) is 23.3. The molecule has 2 fully saturated rings. The molecule has 0 atom stereocenters. The molecular weight excluding hydrogens is 418 g/mol. The summed E-state index contributed by atoms with van der Waals surface area (Å²) >= 11 is 0. The Balaban J connectivity index is 1.26. The lowest BCUT2D eigenvalue weighted by molar-refractivity contribution is -0.117. The van der Waals surface area contributed by atoms with Crippen LogP contribution in [0.5, 0.6) is 5.75 Å². The van der Waals surface area contributed by atoms with Crippen molar-refractivity contribution >= 4 is 17.5 Å². The fourth-order valence-electron chi connectivity index (χ4n) is 4.38. The van der Waals surface area contributed by atoms with Gasteiger partial charge in [0.05, 0.1) is 0 Å². The van der Waals surface area contributed by atoms with Crippen molar-refractivity contribution in [1.29, 1.82) is 0 Å². The molecule has 2 amide bonds. The van der Waals surface area contributed by atoms with Crippen LogP contribution in [0.25, 0.3) is 0 Å². The van der Waals surface area contributed by atoms with E-state index in [9.17, 15) is 9.59 Å². The van der Waals surface area contributed by atoms with Crippen molar-refractivity contribution in [3.63, 3.8) is 0 Å². The Kier molecular flexibility index (Phi) is 7.96. The third-order valence-electron chi connectivity index (χ3n) is 6.37. The largest absolute Gasteiger partial charge is 0.492 e. The van der Waals surface area contributed by atoms with E-state index in [1.807, 2.05) is 36.4 Å². The quantitative estimate of drug-likeness (QED) is 0.634. The number of rotatable bonds is 9. The van der Waals surface area contributed by atoms with E-state index >= 15 is 0 Å². The number of carbonyl (C=O) groups excluding carboxylic acids is 2. The molecule has 0 radical (unpaired) electrons. The number of carbonyl (C=O) groups is 2. The van der Waals surface area contributed by atoms with E-state index in [0.717, 1.165) is 56.0 Å². The Morgan fingerprint density at radius 2 is 2.00 bits per heavy atom. The Morgan fingerprint density at radius 1 is 1.18 bits per heavy atom. The van der Waals surface area contributed by atoms with Crippen molar-refractivity contribution < 1.29 is 19.1 Å². The lowest BCUT2D eigenvalue weighted by Gasteiger charge is -2.31. The van der Waals surface area contributed by atoms with Gasteiger partial charge < -0.3 is 19.7 Å². The Morgan fingerprint density at radius 3 is 2.79 bits per heavy atom. The maximum Gasteiger partial charge on any atom is 0.251 e. The number of benzene rings is 2. The van der Waals surface area contributed by atoms with Gasteiger partial charge in [0.1, 0.15) is 12.4 Å². The SMILES string of the molecule is CN(CCOc1cccc(CNC(=O)c2cccc(N3CCCC3=O)c2)c1)C1CCOCC1. The van der Waals surface area contributed by atoms with Crippen molar-refractivity contribution in [3.8, 4) is 5.75 Å². The Labute approximate surface area is 195 Å². The van der Waals surface area contributed by atoms with Crippen LogP contribution in [-0.2, 0) is 16.1 Å². The Hall–Kier alpha value is -2.90. The summed E-state index contributed by atoms with van der Waals surface area (Å²) in [6.07, 6.45) is 3.58. The first-order valence-electron chi connectivity index (χ1n) is 11.8. The summed E-state index contributed by atoms with van der Waals surface area (Å²) in [5, 5.41) is 2.97. The van der Waals surface area contributed by atoms with Gasteiger partial charge in [-0.3, -0.25) is 14.5 Å². The second kappa shape index (κ2) is 11.3. The van der Waals surface area contributed by atoms with Gasteiger partial charge in [0.25, 0.3) is 5.91 Å². The zero-order valence-corrected chi connectivity index (χ0v) is 19.3. The predicted octanol–water partition coefficient (Wildman–Crippen LogP) is 3.23. The second-order valence-electron chi connectivity index (χ2n) is 8.70. The molecule has 2 aromatic carbocycles. The molecule has 2 aromatic rings. The average Bonchev–Trinajstić information content (AvgIpc) is 3.29. The molecule has 0 saturated carbocycles. The van der Waals surface area contributed by atoms with Crippen LogP contribution >= 0.6 is 0 Å². The molecule has 0 unspecified atom stereocenters. The van der Waals surface area contributed by atoms with E-state index in [0.29, 0.717) is 37.7 Å². The van der Waals surface area contributed by atoms with Crippen molar-refractivity contribution in [1.82, 2.24) is 10.2 Å². The second-order valence-corrected chi connectivity index (χ2v) is 8.70. The highest BCUT2D eigenvalue weighted by Gasteiger charge is 2.22. The number of amides is 2. The zero-order chi connectivity index (χ0) is 23.0. The Bertz CT molecular complexity index is 958. The molecule has 7 heteroatoms. The summed E-state index contributed by atoms with van der Waals surface area (Å²) < 4.78 is 11.4. The predicted molar refractivity (Wildman–Crippen MR) is 128 cm³/mol. The average molecular weight is 452 g/mol. The van der Waals surface area contributed by atoms with Gasteiger partial charge in [0.15, 0.2) is 0 Å². The van der Waals surface area contributed by atoms with Gasteiger partial charge in [-0.25, -0.2) is 0 Å². The highest BCUT2D eigenvalue weighted by atomic mass is 16.5. The number of anilines is 1. The molecule has 7 nitrogen and oxygen atoms in total. The number of hydrogen-bond donors (Lipinski definition) is 1. The summed E-state index contributed by atoms with van der Waals surface area (Å²) in [4.78, 5) is 28.8. The van der Waals surface area contributed by atoms with Gasteiger partial charge in [-0.2, -0.15) is 0 Å². The van der Waals surface area contributed by atoms with E-state index < -0.39 is 0 Å². The number of likely N-dealkylation sites (N-methyl/N-ethyl adjacent to an activating group) is 1. The third kappa shape index (κ3) is 6.33. The minimum absolute atomic E-state index is 0.114. The van der Waals surface area contributed by atoms with Crippen LogP contribution in [0.2, 0.25) is 0 Å². The molecular formula is C26H33N3O4. The minimum atomic E-state index is -0.159. The van der Waals surface area contributed by atoms with Crippen LogP contribution in [0, 0.1) is 0 Å². The molecule has 0 spiro atoms. The summed E-state index contributed by atoms with van der Waals surface area (Å²) in [5.41, 5.74) is 2.31. The van der Waals surface area contributed by atoms with Crippen molar-refractivity contribution in [2.45, 2.75) is 38.3 Å². The van der Waals surface area contributed by atoms with Crippen LogP contribution in [0.15, 0.2) is 48.5 Å². The van der Waals surface area contributed by atoms with Crippen LogP contribution in [0.3, 0.4) is 0 Å². The van der Waals surface area contributed by atoms with Gasteiger partial charge in [0.2, 0.25) is 5.91 Å². The fourth-order valence-corrected chi connectivity index (χ4v) is 4.38. The van der Waals surface area contributed by atoms with Crippen molar-refractivity contribution in [3.05, 3.63) is 59.7 Å². The summed E-state index contributed by atoms with van der Waals surface area (Å²) in [7, 11) is 2.14. The molecule has 2 aliphatic heterocycles. The molecule has 4 rings (SSSR count). The molecule has 0 bridgehead atoms. The third-order valence-corrected chi connectivity index (χ3v) is 6.37. The maximum absolute atomic E-state index is 12.7. The fraction of sp³-hybridized carbons (Fsp3) is 0.462. The van der Waals surface area contributed by atoms with Gasteiger partial charge >= 0.3 is 0 Å². The van der Waals surface area contributed by atoms with Gasteiger partial charge in [-0.1, -0.05) is 18.2 Å². The maximum atomic E-state index is 12.7. The highest BCUT2D eigenvalue weighted by Crippen LogP contribution is 2.22. The van der Waals surface area contributed by atoms with Gasteiger partial charge in [-0.15, -0.1) is 0 Å². The van der Waals surface area contributed by atoms with E-state index in [1.165, 1.54) is 0 Å². The monoisotopic (exact) mass is 451 g/mol. The standard InChI is InChI=1S/C26H33N3O4/c1-28(22-10-14-32-15-11-22)13-16-33-24-8-2-5-20(17-24)19-27-26(31)21-6-3-7-23(18-21)29-12-4-9-25(29)30/h2-3,5-8,17-18,22H,4,9-16,19H2,1H3,(H,27,31). The summed E-state index contributed by atoms with van der Waals surface area (Å²) in [6.45, 7) is 4.27. The topological polar surface area (TPSA) is 71.1 Å². The lowest BCUT2D eigenvalue weighted by atomic mass is 10.1. The molecule has 0 aliphatic carbocycles. The normalized spacial score (nSPS) is 16.9. The summed E-state index contributed by atoms with van der Waals surface area (Å²) in [6, 6.07) is 15.6. The lowest BCUT2D eigenvalue weighted by Crippen LogP contribution is -2.38. The molecule has 1 N–H and O–H groups in total. The molecule has 2 saturated heterocycles. The van der Waals surface area contributed by atoms with Crippen LogP contribution < -0.4 is 15.0 Å². The molecule has 2 aliphatic rings. The molecule has 0 aromatic heterocycles. The number of ether oxygens (including phenoxy) is 2. The van der Waals surface area contributed by atoms with Crippen LogP contribution in [0.1, 0.15) is 41.6 Å². The van der Waals surface area contributed by atoms with Crippen molar-refractivity contribution in [2.75, 3.05) is 44.9 Å². The number of nitrogens with one attached hydrogen (secondary N) is 1. The molecule has 33 heavy (non-hydrogen) atoms. The van der Waals surface area contributed by atoms with E-state index in [4.69, 9.17) is 9.47 Å². The smallest absolute Gasteiger partial charge is 0.251 e. The molecule has 2 heterocycles. The first-order chi connectivity index (χ1) is 16.1. The molecule has 176 valence electrons. The summed E-state index contributed by atoms with van der Waals surface area (Å²) in [5.74, 6) is 0.757. The zero-order valence-electron chi connectivity index (χ0n) is 19.3. The van der Waals surface area contributed by atoms with Gasteiger partial charge in [-0.05, 0) is 62.2 Å². The first-order valence-corrected chi connectivity index (χ1v) is 11.8. The number of nitrogens with zero attached hydrogens (tertiary/aromatic N) is 2. The van der Waals surface area contributed by atoms with E-state index in [1.54, 1.807) is 17.0 Å². The highest BCUT2D eigenvalue weighted by molar-refractivity contribution is 5.99. The van der Waals surface area contributed by atoms with Crippen molar-refractivity contribution in [2.24, 2.45) is 0 Å². The van der Waals surface area contributed by atoms with Crippen LogP contribution in [-0.4, -0.2) is 62.7 Å². The number of hydrogen-bond acceptors (Lipinski definition) is 5. The van der Waals surface area contributed by atoms with Crippen LogP contribution in [0.4, 0.5) is 5.69 Å². The minimum Gasteiger partial charge on any atom is -0.492 e.